The van der Waals surface area contributed by atoms with E-state index in [9.17, 15) is 4.79 Å². The van der Waals surface area contributed by atoms with Crippen molar-refractivity contribution >= 4 is 30.7 Å². The molecule has 1 heterocycles. The SMILES string of the molecule is CC1CCCCN1CCNC(=O)C1(N)CCCCC1.Cl.Cl. The average molecular weight is 340 g/mol. The van der Waals surface area contributed by atoms with E-state index in [4.69, 9.17) is 5.73 Å². The van der Waals surface area contributed by atoms with Crippen LogP contribution in [0.5, 0.6) is 0 Å². The molecule has 2 aliphatic rings. The molecule has 0 aromatic heterocycles. The summed E-state index contributed by atoms with van der Waals surface area (Å²) >= 11 is 0. The number of nitrogens with zero attached hydrogens (tertiary/aromatic N) is 1. The molecule has 1 saturated heterocycles. The van der Waals surface area contributed by atoms with Crippen molar-refractivity contribution in [2.75, 3.05) is 19.6 Å². The molecule has 1 aliphatic heterocycles. The topological polar surface area (TPSA) is 58.4 Å². The smallest absolute Gasteiger partial charge is 0.240 e. The molecule has 1 atom stereocenters. The van der Waals surface area contributed by atoms with Crippen LogP contribution in [-0.4, -0.2) is 42.0 Å². The number of likely N-dealkylation sites (tertiary alicyclic amines) is 1. The first-order valence-electron chi connectivity index (χ1n) is 7.93. The van der Waals surface area contributed by atoms with Crippen molar-refractivity contribution in [3.8, 4) is 0 Å². The zero-order valence-corrected chi connectivity index (χ0v) is 14.7. The highest BCUT2D eigenvalue weighted by Crippen LogP contribution is 2.25. The van der Waals surface area contributed by atoms with Gasteiger partial charge in [0, 0.05) is 19.1 Å². The summed E-state index contributed by atoms with van der Waals surface area (Å²) in [6.07, 6.45) is 9.01. The summed E-state index contributed by atoms with van der Waals surface area (Å²) in [6, 6.07) is 0.659. The quantitative estimate of drug-likeness (QED) is 0.827. The maximum absolute atomic E-state index is 12.2. The molecule has 1 amide bonds. The molecule has 3 N–H and O–H groups in total. The second kappa shape index (κ2) is 9.88. The highest BCUT2D eigenvalue weighted by atomic mass is 35.5. The van der Waals surface area contributed by atoms with Gasteiger partial charge in [-0.15, -0.1) is 24.8 Å². The van der Waals surface area contributed by atoms with Gasteiger partial charge >= 0.3 is 0 Å². The van der Waals surface area contributed by atoms with Gasteiger partial charge in [0.05, 0.1) is 5.54 Å². The van der Waals surface area contributed by atoms with Crippen molar-refractivity contribution in [2.24, 2.45) is 5.73 Å². The fourth-order valence-corrected chi connectivity index (χ4v) is 3.39. The largest absolute Gasteiger partial charge is 0.353 e. The monoisotopic (exact) mass is 339 g/mol. The van der Waals surface area contributed by atoms with Crippen molar-refractivity contribution < 1.29 is 4.79 Å². The Labute approximate surface area is 141 Å². The highest BCUT2D eigenvalue weighted by Gasteiger charge is 2.34. The van der Waals surface area contributed by atoms with Crippen LogP contribution in [0.4, 0.5) is 0 Å². The fourth-order valence-electron chi connectivity index (χ4n) is 3.39. The molecular formula is C15H31Cl2N3O. The van der Waals surface area contributed by atoms with Crippen LogP contribution in [0.15, 0.2) is 0 Å². The number of carbonyl (C=O) groups excluding carboxylic acids is 1. The second-order valence-corrected chi connectivity index (χ2v) is 6.35. The summed E-state index contributed by atoms with van der Waals surface area (Å²) in [4.78, 5) is 14.7. The number of nitrogens with two attached hydrogens (primary N) is 1. The van der Waals surface area contributed by atoms with E-state index in [1.165, 1.54) is 32.2 Å². The van der Waals surface area contributed by atoms with E-state index < -0.39 is 5.54 Å². The van der Waals surface area contributed by atoms with E-state index in [1.54, 1.807) is 0 Å². The Kier molecular flexibility index (Phi) is 9.87. The van der Waals surface area contributed by atoms with Gasteiger partial charge in [-0.05, 0) is 39.2 Å². The van der Waals surface area contributed by atoms with Crippen LogP contribution in [0.2, 0.25) is 0 Å². The summed E-state index contributed by atoms with van der Waals surface area (Å²) in [5, 5.41) is 3.06. The van der Waals surface area contributed by atoms with Crippen molar-refractivity contribution in [2.45, 2.75) is 69.9 Å². The van der Waals surface area contributed by atoms with Crippen LogP contribution < -0.4 is 11.1 Å². The van der Waals surface area contributed by atoms with Crippen molar-refractivity contribution in [1.29, 1.82) is 0 Å². The molecule has 1 saturated carbocycles. The molecule has 0 bridgehead atoms. The summed E-state index contributed by atoms with van der Waals surface area (Å²) < 4.78 is 0. The van der Waals surface area contributed by atoms with Crippen LogP contribution in [0.25, 0.3) is 0 Å². The summed E-state index contributed by atoms with van der Waals surface area (Å²) in [6.45, 7) is 5.16. The number of hydrogen-bond donors (Lipinski definition) is 2. The van der Waals surface area contributed by atoms with Gasteiger partial charge in [-0.2, -0.15) is 0 Å². The summed E-state index contributed by atoms with van der Waals surface area (Å²) in [5.41, 5.74) is 5.63. The van der Waals surface area contributed by atoms with Gasteiger partial charge in [0.15, 0.2) is 0 Å². The van der Waals surface area contributed by atoms with Gasteiger partial charge in [0.2, 0.25) is 5.91 Å². The molecule has 1 unspecified atom stereocenters. The van der Waals surface area contributed by atoms with Crippen LogP contribution >= 0.6 is 24.8 Å². The Morgan fingerprint density at radius 2 is 1.86 bits per heavy atom. The lowest BCUT2D eigenvalue weighted by atomic mass is 9.82. The first-order valence-corrected chi connectivity index (χ1v) is 7.93. The molecule has 0 aromatic carbocycles. The third-order valence-corrected chi connectivity index (χ3v) is 4.82. The minimum atomic E-state index is -0.592. The molecule has 2 fully saturated rings. The predicted molar refractivity (Wildman–Crippen MR) is 92.4 cm³/mol. The number of rotatable bonds is 4. The van der Waals surface area contributed by atoms with Crippen LogP contribution in [0.3, 0.4) is 0 Å². The van der Waals surface area contributed by atoms with Gasteiger partial charge in [-0.25, -0.2) is 0 Å². The lowest BCUT2D eigenvalue weighted by molar-refractivity contribution is -0.127. The van der Waals surface area contributed by atoms with Gasteiger partial charge in [-0.3, -0.25) is 9.69 Å². The van der Waals surface area contributed by atoms with Crippen LogP contribution in [-0.2, 0) is 4.79 Å². The zero-order valence-electron chi connectivity index (χ0n) is 13.1. The highest BCUT2D eigenvalue weighted by molar-refractivity contribution is 5.86. The zero-order chi connectivity index (χ0) is 13.7. The normalized spacial score (nSPS) is 25.3. The Morgan fingerprint density at radius 1 is 1.19 bits per heavy atom. The van der Waals surface area contributed by atoms with E-state index >= 15 is 0 Å². The molecule has 0 spiro atoms. The predicted octanol–water partition coefficient (Wildman–Crippen LogP) is 2.48. The van der Waals surface area contributed by atoms with Crippen LogP contribution in [0.1, 0.15) is 58.3 Å². The van der Waals surface area contributed by atoms with E-state index in [0.29, 0.717) is 6.04 Å². The van der Waals surface area contributed by atoms with Gasteiger partial charge < -0.3 is 11.1 Å². The maximum atomic E-state index is 12.2. The minimum absolute atomic E-state index is 0. The molecule has 1 aliphatic carbocycles. The summed E-state index contributed by atoms with van der Waals surface area (Å²) in [5.74, 6) is 0.0665. The fraction of sp³-hybridized carbons (Fsp3) is 0.933. The Balaban J connectivity index is 0.00000200. The lowest BCUT2D eigenvalue weighted by Gasteiger charge is -2.35. The molecule has 0 aromatic rings. The van der Waals surface area contributed by atoms with Crippen molar-refractivity contribution in [3.05, 3.63) is 0 Å². The lowest BCUT2D eigenvalue weighted by Crippen LogP contribution is -2.56. The van der Waals surface area contributed by atoms with Gasteiger partial charge in [0.1, 0.15) is 0 Å². The first kappa shape index (κ1) is 21.0. The molecule has 0 radical (unpaired) electrons. The minimum Gasteiger partial charge on any atom is -0.353 e. The Hall–Kier alpha value is -0.0300. The number of halogens is 2. The number of amides is 1. The van der Waals surface area contributed by atoms with Gasteiger partial charge in [0.25, 0.3) is 0 Å². The average Bonchev–Trinajstić information content (AvgIpc) is 2.41. The van der Waals surface area contributed by atoms with E-state index in [1.807, 2.05) is 0 Å². The van der Waals surface area contributed by atoms with E-state index in [2.05, 4.69) is 17.1 Å². The maximum Gasteiger partial charge on any atom is 0.240 e. The van der Waals surface area contributed by atoms with Gasteiger partial charge in [-0.1, -0.05) is 25.7 Å². The van der Waals surface area contributed by atoms with Crippen molar-refractivity contribution in [3.63, 3.8) is 0 Å². The number of carbonyl (C=O) groups is 1. The molecule has 6 heteroatoms. The standard InChI is InChI=1S/C15H29N3O.2ClH/c1-13-7-3-6-11-18(13)12-10-17-14(19)15(16)8-4-2-5-9-15;;/h13H,2-12,16H2,1H3,(H,17,19);2*1H. The second-order valence-electron chi connectivity index (χ2n) is 6.35. The van der Waals surface area contributed by atoms with E-state index in [-0.39, 0.29) is 30.7 Å². The molecule has 2 rings (SSSR count). The molecular weight excluding hydrogens is 309 g/mol. The van der Waals surface area contributed by atoms with Crippen molar-refractivity contribution in [1.82, 2.24) is 10.2 Å². The molecule has 4 nitrogen and oxygen atoms in total. The molecule has 126 valence electrons. The third kappa shape index (κ3) is 5.93. The van der Waals surface area contributed by atoms with E-state index in [0.717, 1.165) is 38.8 Å². The van der Waals surface area contributed by atoms with Crippen LogP contribution in [0, 0.1) is 0 Å². The number of nitrogens with one attached hydrogen (secondary N) is 1. The Morgan fingerprint density at radius 3 is 2.48 bits per heavy atom. The molecule has 21 heavy (non-hydrogen) atoms. The number of hydrogen-bond acceptors (Lipinski definition) is 3. The number of piperidine rings is 1. The Bertz CT molecular complexity index is 309. The first-order chi connectivity index (χ1) is 9.12. The third-order valence-electron chi connectivity index (χ3n) is 4.82. The summed E-state index contributed by atoms with van der Waals surface area (Å²) in [7, 11) is 0.